The van der Waals surface area contributed by atoms with Crippen molar-refractivity contribution in [2.75, 3.05) is 6.54 Å². The summed E-state index contributed by atoms with van der Waals surface area (Å²) in [6, 6.07) is 5.68. The molecule has 1 rings (SSSR count). The van der Waals surface area contributed by atoms with Crippen molar-refractivity contribution in [3.63, 3.8) is 0 Å². The van der Waals surface area contributed by atoms with Crippen LogP contribution in [-0.2, 0) is 25.7 Å². The molecule has 1 aromatic carbocycles. The second-order valence-corrected chi connectivity index (χ2v) is 5.43. The Morgan fingerprint density at radius 1 is 1.00 bits per heavy atom. The number of benzene rings is 1. The van der Waals surface area contributed by atoms with Gasteiger partial charge in [0.2, 0.25) is 0 Å². The Hall–Kier alpha value is -3.83. The topological polar surface area (TPSA) is 183 Å². The molecule has 0 aliphatic rings. The molecule has 12 nitrogen and oxygen atoms in total. The van der Waals surface area contributed by atoms with Crippen LogP contribution in [-0.4, -0.2) is 62.9 Å². The minimum atomic E-state index is -1.60. The molecule has 12 heteroatoms. The largest absolute Gasteiger partial charge is 0.481 e. The van der Waals surface area contributed by atoms with E-state index in [0.29, 0.717) is 10.6 Å². The molecule has 1 atom stereocenters. The summed E-state index contributed by atoms with van der Waals surface area (Å²) in [7, 11) is 0. The maximum Gasteiger partial charge on any atom is 0.426 e. The summed E-state index contributed by atoms with van der Waals surface area (Å²) < 4.78 is 4.86. The molecule has 0 aliphatic heterocycles. The molecule has 0 aliphatic carbocycles. The van der Waals surface area contributed by atoms with Gasteiger partial charge in [-0.05, 0) is 12.0 Å². The first-order chi connectivity index (χ1) is 13.2. The van der Waals surface area contributed by atoms with Crippen LogP contribution in [0.3, 0.4) is 0 Å². The van der Waals surface area contributed by atoms with Crippen LogP contribution in [0.15, 0.2) is 30.3 Å². The Morgan fingerprint density at radius 3 is 2.18 bits per heavy atom. The fraction of sp³-hybridized carbons (Fsp3) is 0.312. The SMILES string of the molecule is O=C(O)CCC(NC(=O)N(CC(=O)O)NC(=O)OCc1ccccc1)C(=O)O. The van der Waals surface area contributed by atoms with Crippen LogP contribution in [0.2, 0.25) is 0 Å². The van der Waals surface area contributed by atoms with Crippen molar-refractivity contribution >= 4 is 30.0 Å². The third-order valence-corrected chi connectivity index (χ3v) is 3.22. The van der Waals surface area contributed by atoms with Gasteiger partial charge in [-0.3, -0.25) is 9.59 Å². The van der Waals surface area contributed by atoms with Crippen LogP contribution < -0.4 is 10.7 Å². The third kappa shape index (κ3) is 8.51. The second-order valence-electron chi connectivity index (χ2n) is 5.43. The average molecular weight is 397 g/mol. The van der Waals surface area contributed by atoms with Gasteiger partial charge in [0, 0.05) is 6.42 Å². The molecule has 0 heterocycles. The highest BCUT2D eigenvalue weighted by atomic mass is 16.6. The minimum Gasteiger partial charge on any atom is -0.481 e. The van der Waals surface area contributed by atoms with E-state index < -0.39 is 55.5 Å². The molecule has 0 bridgehead atoms. The van der Waals surface area contributed by atoms with Crippen LogP contribution in [0.5, 0.6) is 0 Å². The highest BCUT2D eigenvalue weighted by molar-refractivity contribution is 5.86. The third-order valence-electron chi connectivity index (χ3n) is 3.22. The number of urea groups is 1. The van der Waals surface area contributed by atoms with E-state index >= 15 is 0 Å². The number of hydrogen-bond acceptors (Lipinski definition) is 6. The molecule has 0 radical (unpaired) electrons. The van der Waals surface area contributed by atoms with Crippen molar-refractivity contribution in [3.05, 3.63) is 35.9 Å². The van der Waals surface area contributed by atoms with E-state index in [0.717, 1.165) is 0 Å². The molecule has 0 saturated heterocycles. The minimum absolute atomic E-state index is 0.147. The normalized spacial score (nSPS) is 11.0. The van der Waals surface area contributed by atoms with Crippen molar-refractivity contribution in [2.45, 2.75) is 25.5 Å². The number of hydrogen-bond donors (Lipinski definition) is 5. The first-order valence-corrected chi connectivity index (χ1v) is 7.90. The van der Waals surface area contributed by atoms with Gasteiger partial charge in [0.15, 0.2) is 0 Å². The molecular weight excluding hydrogens is 378 g/mol. The highest BCUT2D eigenvalue weighted by Crippen LogP contribution is 2.02. The van der Waals surface area contributed by atoms with Gasteiger partial charge in [0.1, 0.15) is 19.2 Å². The van der Waals surface area contributed by atoms with Crippen molar-refractivity contribution in [2.24, 2.45) is 0 Å². The lowest BCUT2D eigenvalue weighted by Crippen LogP contribution is -2.56. The zero-order valence-electron chi connectivity index (χ0n) is 14.5. The van der Waals surface area contributed by atoms with Crippen LogP contribution in [0.25, 0.3) is 0 Å². The molecule has 5 N–H and O–H groups in total. The zero-order valence-corrected chi connectivity index (χ0v) is 14.5. The lowest BCUT2D eigenvalue weighted by atomic mass is 10.1. The van der Waals surface area contributed by atoms with Gasteiger partial charge in [-0.2, -0.15) is 0 Å². The molecule has 0 fully saturated rings. The number of nitrogens with one attached hydrogen (secondary N) is 2. The molecule has 0 aromatic heterocycles. The maximum atomic E-state index is 12.1. The molecule has 0 saturated carbocycles. The van der Waals surface area contributed by atoms with Crippen molar-refractivity contribution in [1.82, 2.24) is 15.8 Å². The van der Waals surface area contributed by atoms with Crippen LogP contribution >= 0.6 is 0 Å². The Kier molecular flexibility index (Phi) is 8.73. The fourth-order valence-corrected chi connectivity index (χ4v) is 1.92. The van der Waals surface area contributed by atoms with E-state index in [-0.39, 0.29) is 6.61 Å². The molecule has 28 heavy (non-hydrogen) atoms. The molecule has 0 spiro atoms. The number of amides is 3. The Morgan fingerprint density at radius 2 is 1.64 bits per heavy atom. The highest BCUT2D eigenvalue weighted by Gasteiger charge is 2.26. The predicted octanol–water partition coefficient (Wildman–Crippen LogP) is 0.242. The number of carboxylic acid groups (broad SMARTS) is 3. The first kappa shape index (κ1) is 22.2. The van der Waals surface area contributed by atoms with E-state index in [1.807, 2.05) is 10.7 Å². The average Bonchev–Trinajstić information content (AvgIpc) is 2.62. The number of nitrogens with zero attached hydrogens (tertiary/aromatic N) is 1. The molecule has 1 unspecified atom stereocenters. The van der Waals surface area contributed by atoms with Crippen LogP contribution in [0, 0.1) is 0 Å². The summed E-state index contributed by atoms with van der Waals surface area (Å²) in [5.41, 5.74) is 2.54. The lowest BCUT2D eigenvalue weighted by Gasteiger charge is -2.23. The Balaban J connectivity index is 2.69. The number of hydrazine groups is 1. The predicted molar refractivity (Wildman–Crippen MR) is 90.9 cm³/mol. The number of aliphatic carboxylic acids is 3. The van der Waals surface area contributed by atoms with E-state index in [4.69, 9.17) is 20.1 Å². The molecular formula is C16H19N3O9. The van der Waals surface area contributed by atoms with Gasteiger partial charge >= 0.3 is 30.0 Å². The van der Waals surface area contributed by atoms with E-state index in [9.17, 15) is 24.0 Å². The Labute approximate surface area is 158 Å². The fourth-order valence-electron chi connectivity index (χ4n) is 1.92. The molecule has 152 valence electrons. The summed E-state index contributed by atoms with van der Waals surface area (Å²) >= 11 is 0. The summed E-state index contributed by atoms with van der Waals surface area (Å²) in [6.45, 7) is -1.14. The smallest absolute Gasteiger partial charge is 0.426 e. The number of rotatable bonds is 9. The van der Waals surface area contributed by atoms with Gasteiger partial charge < -0.3 is 25.4 Å². The van der Waals surface area contributed by atoms with E-state index in [2.05, 4.69) is 0 Å². The summed E-state index contributed by atoms with van der Waals surface area (Å²) in [4.78, 5) is 56.5. The number of carboxylic acids is 3. The van der Waals surface area contributed by atoms with Gasteiger partial charge in [-0.1, -0.05) is 30.3 Å². The van der Waals surface area contributed by atoms with E-state index in [1.165, 1.54) is 0 Å². The number of carbonyl (C=O) groups is 5. The lowest BCUT2D eigenvalue weighted by molar-refractivity contribution is -0.140. The zero-order chi connectivity index (χ0) is 21.1. The first-order valence-electron chi connectivity index (χ1n) is 7.90. The monoisotopic (exact) mass is 397 g/mol. The van der Waals surface area contributed by atoms with Crippen LogP contribution in [0.1, 0.15) is 18.4 Å². The number of ether oxygens (including phenoxy) is 1. The maximum absolute atomic E-state index is 12.1. The number of carbonyl (C=O) groups excluding carboxylic acids is 2. The summed E-state index contributed by atoms with van der Waals surface area (Å²) in [5.74, 6) is -4.28. The van der Waals surface area contributed by atoms with Gasteiger partial charge in [-0.15, -0.1) is 0 Å². The van der Waals surface area contributed by atoms with Gasteiger partial charge in [0.05, 0.1) is 0 Å². The molecule has 3 amide bonds. The second kappa shape index (κ2) is 11.0. The van der Waals surface area contributed by atoms with Gasteiger partial charge in [-0.25, -0.2) is 24.8 Å². The van der Waals surface area contributed by atoms with Crippen molar-refractivity contribution < 1.29 is 44.0 Å². The molecule has 1 aromatic rings. The Bertz CT molecular complexity index is 723. The quantitative estimate of drug-likeness (QED) is 0.364. The standard InChI is InChI=1S/C16H19N3O9/c20-12(21)7-6-11(14(24)25)17-15(26)19(8-13(22)23)18-16(27)28-9-10-4-2-1-3-5-10/h1-5,11H,6-9H2,(H,17,26)(H,18,27)(H,20,21)(H,22,23)(H,24,25). The van der Waals surface area contributed by atoms with E-state index in [1.54, 1.807) is 30.3 Å². The van der Waals surface area contributed by atoms with Gasteiger partial charge in [0.25, 0.3) is 0 Å². The van der Waals surface area contributed by atoms with Crippen LogP contribution in [0.4, 0.5) is 9.59 Å². The van der Waals surface area contributed by atoms with Crippen molar-refractivity contribution in [1.29, 1.82) is 0 Å². The summed E-state index contributed by atoms with van der Waals surface area (Å²) in [5, 5.41) is 28.8. The summed E-state index contributed by atoms with van der Waals surface area (Å²) in [6.07, 6.45) is -2.11. The van der Waals surface area contributed by atoms with Crippen molar-refractivity contribution in [3.8, 4) is 0 Å².